The van der Waals surface area contributed by atoms with Crippen LogP contribution in [-0.2, 0) is 14.9 Å². The zero-order chi connectivity index (χ0) is 13.0. The predicted molar refractivity (Wildman–Crippen MR) is 71.1 cm³/mol. The van der Waals surface area contributed by atoms with Gasteiger partial charge in [0, 0.05) is 6.04 Å². The summed E-state index contributed by atoms with van der Waals surface area (Å²) in [4.78, 5) is 12.3. The second-order valence-corrected chi connectivity index (χ2v) is 4.62. The number of rotatable bonds is 3. The summed E-state index contributed by atoms with van der Waals surface area (Å²) in [5, 5.41) is 0. The predicted octanol–water partition coefficient (Wildman–Crippen LogP) is 2.16. The van der Waals surface area contributed by atoms with Gasteiger partial charge in [-0.25, -0.2) is 0 Å². The Hall–Kier alpha value is -1.61. The number of carbonyl (C=O) groups excluding carboxylic acids is 1. The molecule has 0 aromatic heterocycles. The second kappa shape index (κ2) is 5.36. The third kappa shape index (κ3) is 2.31. The van der Waals surface area contributed by atoms with E-state index in [9.17, 15) is 4.79 Å². The molecule has 96 valence electrons. The normalized spacial score (nSPS) is 26.9. The topological polar surface area (TPSA) is 52.3 Å². The number of ether oxygens (including phenoxy) is 1. The molecule has 0 amide bonds. The highest BCUT2D eigenvalue weighted by Gasteiger charge is 2.40. The van der Waals surface area contributed by atoms with E-state index in [0.717, 1.165) is 12.0 Å². The molecule has 3 heteroatoms. The van der Waals surface area contributed by atoms with Crippen molar-refractivity contribution in [2.24, 2.45) is 5.73 Å². The highest BCUT2D eigenvalue weighted by Crippen LogP contribution is 2.36. The average molecular weight is 245 g/mol. The lowest BCUT2D eigenvalue weighted by molar-refractivity contribution is -0.148. The first-order valence-electron chi connectivity index (χ1n) is 6.37. The molecular weight excluding hydrogens is 226 g/mol. The van der Waals surface area contributed by atoms with E-state index in [0.29, 0.717) is 13.0 Å². The molecule has 0 saturated carbocycles. The molecule has 1 aliphatic rings. The van der Waals surface area contributed by atoms with Gasteiger partial charge in [0.05, 0.1) is 6.61 Å². The van der Waals surface area contributed by atoms with E-state index < -0.39 is 5.41 Å². The fraction of sp³-hybridized carbons (Fsp3) is 0.400. The van der Waals surface area contributed by atoms with Crippen LogP contribution in [0.4, 0.5) is 0 Å². The van der Waals surface area contributed by atoms with E-state index in [1.54, 1.807) is 0 Å². The second-order valence-electron chi connectivity index (χ2n) is 4.62. The average Bonchev–Trinajstić information content (AvgIpc) is 2.41. The molecule has 0 radical (unpaired) electrons. The van der Waals surface area contributed by atoms with Crippen molar-refractivity contribution in [2.75, 3.05) is 6.61 Å². The SMILES string of the molecule is CCOC(=O)C1(c2ccccc2)C=CC(N)CC1. The van der Waals surface area contributed by atoms with Crippen LogP contribution < -0.4 is 5.73 Å². The summed E-state index contributed by atoms with van der Waals surface area (Å²) in [6.45, 7) is 2.22. The van der Waals surface area contributed by atoms with Crippen molar-refractivity contribution >= 4 is 5.97 Å². The van der Waals surface area contributed by atoms with E-state index in [1.807, 2.05) is 49.4 Å². The minimum Gasteiger partial charge on any atom is -0.465 e. The zero-order valence-electron chi connectivity index (χ0n) is 10.6. The molecule has 0 heterocycles. The minimum absolute atomic E-state index is 0.0382. The van der Waals surface area contributed by atoms with Crippen LogP contribution >= 0.6 is 0 Å². The number of carbonyl (C=O) groups is 1. The van der Waals surface area contributed by atoms with Gasteiger partial charge in [0.1, 0.15) is 5.41 Å². The van der Waals surface area contributed by atoms with Gasteiger partial charge in [-0.05, 0) is 25.3 Å². The summed E-state index contributed by atoms with van der Waals surface area (Å²) in [5.41, 5.74) is 6.19. The number of benzene rings is 1. The molecule has 0 saturated heterocycles. The van der Waals surface area contributed by atoms with Crippen molar-refractivity contribution in [3.63, 3.8) is 0 Å². The van der Waals surface area contributed by atoms with Crippen molar-refractivity contribution in [1.29, 1.82) is 0 Å². The molecule has 1 aromatic rings. The third-order valence-corrected chi connectivity index (χ3v) is 3.43. The molecule has 1 aliphatic carbocycles. The molecule has 2 rings (SSSR count). The van der Waals surface area contributed by atoms with Gasteiger partial charge >= 0.3 is 5.97 Å². The van der Waals surface area contributed by atoms with E-state index in [-0.39, 0.29) is 12.0 Å². The smallest absolute Gasteiger partial charge is 0.320 e. The van der Waals surface area contributed by atoms with Crippen LogP contribution in [0.2, 0.25) is 0 Å². The number of hydrogen-bond acceptors (Lipinski definition) is 3. The first-order valence-corrected chi connectivity index (χ1v) is 6.37. The maximum Gasteiger partial charge on any atom is 0.320 e. The van der Waals surface area contributed by atoms with Gasteiger partial charge in [-0.15, -0.1) is 0 Å². The van der Waals surface area contributed by atoms with Crippen LogP contribution in [0.5, 0.6) is 0 Å². The van der Waals surface area contributed by atoms with Gasteiger partial charge < -0.3 is 10.5 Å². The Kier molecular flexibility index (Phi) is 3.82. The lowest BCUT2D eigenvalue weighted by atomic mass is 9.72. The first kappa shape index (κ1) is 12.8. The quantitative estimate of drug-likeness (QED) is 0.656. The van der Waals surface area contributed by atoms with Crippen molar-refractivity contribution in [1.82, 2.24) is 0 Å². The van der Waals surface area contributed by atoms with Gasteiger partial charge in [0.25, 0.3) is 0 Å². The summed E-state index contributed by atoms with van der Waals surface area (Å²) in [5.74, 6) is -0.181. The largest absolute Gasteiger partial charge is 0.465 e. The molecule has 2 N–H and O–H groups in total. The lowest BCUT2D eigenvalue weighted by Gasteiger charge is -2.33. The van der Waals surface area contributed by atoms with Crippen molar-refractivity contribution < 1.29 is 9.53 Å². The fourth-order valence-electron chi connectivity index (χ4n) is 2.39. The van der Waals surface area contributed by atoms with Gasteiger partial charge in [0.2, 0.25) is 0 Å². The van der Waals surface area contributed by atoms with Crippen LogP contribution in [0.1, 0.15) is 25.3 Å². The highest BCUT2D eigenvalue weighted by atomic mass is 16.5. The molecule has 0 aliphatic heterocycles. The van der Waals surface area contributed by atoms with E-state index in [1.165, 1.54) is 0 Å². The fourth-order valence-corrected chi connectivity index (χ4v) is 2.39. The summed E-state index contributed by atoms with van der Waals surface area (Å²) < 4.78 is 5.24. The zero-order valence-corrected chi connectivity index (χ0v) is 10.6. The summed E-state index contributed by atoms with van der Waals surface area (Å²) in [6.07, 6.45) is 5.32. The van der Waals surface area contributed by atoms with Crippen LogP contribution in [0.3, 0.4) is 0 Å². The molecule has 0 fully saturated rings. The molecule has 0 bridgehead atoms. The third-order valence-electron chi connectivity index (χ3n) is 3.43. The Labute approximate surface area is 108 Å². The first-order chi connectivity index (χ1) is 8.69. The van der Waals surface area contributed by atoms with Crippen LogP contribution in [0.15, 0.2) is 42.5 Å². The Morgan fingerprint density at radius 3 is 2.72 bits per heavy atom. The minimum atomic E-state index is -0.660. The van der Waals surface area contributed by atoms with E-state index in [4.69, 9.17) is 10.5 Å². The highest BCUT2D eigenvalue weighted by molar-refractivity contribution is 5.86. The lowest BCUT2D eigenvalue weighted by Crippen LogP contribution is -2.40. The van der Waals surface area contributed by atoms with Crippen LogP contribution in [-0.4, -0.2) is 18.6 Å². The maximum absolute atomic E-state index is 12.3. The molecule has 2 unspecified atom stereocenters. The van der Waals surface area contributed by atoms with Gasteiger partial charge in [0.15, 0.2) is 0 Å². The molecule has 0 spiro atoms. The van der Waals surface area contributed by atoms with Gasteiger partial charge in [-0.3, -0.25) is 4.79 Å². The Morgan fingerprint density at radius 2 is 2.17 bits per heavy atom. The summed E-state index contributed by atoms with van der Waals surface area (Å²) >= 11 is 0. The van der Waals surface area contributed by atoms with E-state index >= 15 is 0 Å². The standard InChI is InChI=1S/C15H19NO2/c1-2-18-14(17)15(10-8-13(16)9-11-15)12-6-4-3-5-7-12/h3-8,10,13H,2,9,11,16H2,1H3. The van der Waals surface area contributed by atoms with Gasteiger partial charge in [-0.1, -0.05) is 42.5 Å². The number of esters is 1. The Bertz CT molecular complexity index is 441. The van der Waals surface area contributed by atoms with Crippen molar-refractivity contribution in [3.05, 3.63) is 48.0 Å². The summed E-state index contributed by atoms with van der Waals surface area (Å²) in [7, 11) is 0. The monoisotopic (exact) mass is 245 g/mol. The molecule has 3 nitrogen and oxygen atoms in total. The molecule has 2 atom stereocenters. The molecular formula is C15H19NO2. The molecule has 18 heavy (non-hydrogen) atoms. The number of nitrogens with two attached hydrogens (primary N) is 1. The molecule has 1 aromatic carbocycles. The van der Waals surface area contributed by atoms with Crippen molar-refractivity contribution in [3.8, 4) is 0 Å². The van der Waals surface area contributed by atoms with Crippen LogP contribution in [0, 0.1) is 0 Å². The van der Waals surface area contributed by atoms with Crippen LogP contribution in [0.25, 0.3) is 0 Å². The maximum atomic E-state index is 12.3. The van der Waals surface area contributed by atoms with E-state index in [2.05, 4.69) is 0 Å². The van der Waals surface area contributed by atoms with Gasteiger partial charge in [-0.2, -0.15) is 0 Å². The Morgan fingerprint density at radius 1 is 1.44 bits per heavy atom. The van der Waals surface area contributed by atoms with Crippen molar-refractivity contribution in [2.45, 2.75) is 31.2 Å². The number of hydrogen-bond donors (Lipinski definition) is 1. The Balaban J connectivity index is 2.41. The summed E-state index contributed by atoms with van der Waals surface area (Å²) in [6, 6.07) is 9.81.